The first-order chi connectivity index (χ1) is 7.86. The number of rotatable bonds is 4. The lowest BCUT2D eigenvalue weighted by Crippen LogP contribution is -2.24. The van der Waals surface area contributed by atoms with Crippen LogP contribution in [0.15, 0.2) is 12.2 Å². The first-order valence-corrected chi connectivity index (χ1v) is 5.11. The Morgan fingerprint density at radius 1 is 1.12 bits per heavy atom. The molecule has 0 spiro atoms. The number of hydrogen-bond acceptors (Lipinski definition) is 7. The molecular weight excluding hydrogens is 300 g/mol. The quantitative estimate of drug-likeness (QED) is 0.238. The van der Waals surface area contributed by atoms with Gasteiger partial charge in [0.1, 0.15) is 0 Å². The van der Waals surface area contributed by atoms with E-state index in [1.165, 1.54) is 0 Å². The van der Waals surface area contributed by atoms with Crippen molar-refractivity contribution in [2.75, 3.05) is 7.11 Å². The molecule has 0 bridgehead atoms. The van der Waals surface area contributed by atoms with Crippen LogP contribution in [0.2, 0.25) is 0 Å². The van der Waals surface area contributed by atoms with Crippen LogP contribution >= 0.6 is 15.9 Å². The van der Waals surface area contributed by atoms with Gasteiger partial charge in [0.25, 0.3) is 5.01 Å². The summed E-state index contributed by atoms with van der Waals surface area (Å²) in [6.07, 6.45) is 1.58. The van der Waals surface area contributed by atoms with E-state index >= 15 is 0 Å². The third-order valence-corrected chi connectivity index (χ3v) is 1.77. The average Bonchev–Trinajstić information content (AvgIpc) is 2.24. The van der Waals surface area contributed by atoms with Crippen molar-refractivity contribution in [3.63, 3.8) is 0 Å². The molecule has 1 atom stereocenters. The van der Waals surface area contributed by atoms with Gasteiger partial charge >= 0.3 is 23.9 Å². The van der Waals surface area contributed by atoms with Gasteiger partial charge in [0.2, 0.25) is 0 Å². The standard InChI is InChI=1S/C9H9BrO7/c1-5(11)16-9(14)8(10)17-7(13)4-3-6(12)15-2/h3-4,8H,1-2H3/b4-3-. The first-order valence-electron chi connectivity index (χ1n) is 4.19. The second-order valence-electron chi connectivity index (χ2n) is 2.52. The fraction of sp³-hybridized carbons (Fsp3) is 0.333. The number of hydrogen-bond donors (Lipinski definition) is 0. The molecule has 7 nitrogen and oxygen atoms in total. The average molecular weight is 309 g/mol. The van der Waals surface area contributed by atoms with Crippen molar-refractivity contribution in [2.24, 2.45) is 0 Å². The summed E-state index contributed by atoms with van der Waals surface area (Å²) in [7, 11) is 1.13. The van der Waals surface area contributed by atoms with Crippen molar-refractivity contribution in [2.45, 2.75) is 11.9 Å². The minimum Gasteiger partial charge on any atom is -0.466 e. The molecule has 0 aliphatic carbocycles. The number of carbonyl (C=O) groups is 4. The molecular formula is C9H9BrO7. The lowest BCUT2D eigenvalue weighted by Gasteiger charge is -2.07. The van der Waals surface area contributed by atoms with Crippen LogP contribution in [0.4, 0.5) is 0 Å². The number of alkyl halides is 1. The zero-order valence-corrected chi connectivity index (χ0v) is 10.6. The lowest BCUT2D eigenvalue weighted by molar-refractivity contribution is -0.166. The highest BCUT2D eigenvalue weighted by atomic mass is 79.9. The van der Waals surface area contributed by atoms with Crippen molar-refractivity contribution in [3.8, 4) is 0 Å². The van der Waals surface area contributed by atoms with Crippen LogP contribution in [0.5, 0.6) is 0 Å². The predicted molar refractivity (Wildman–Crippen MR) is 56.7 cm³/mol. The van der Waals surface area contributed by atoms with E-state index in [9.17, 15) is 19.2 Å². The Morgan fingerprint density at radius 3 is 2.12 bits per heavy atom. The molecule has 0 aromatic heterocycles. The van der Waals surface area contributed by atoms with E-state index < -0.39 is 28.9 Å². The topological polar surface area (TPSA) is 96.0 Å². The van der Waals surface area contributed by atoms with Crippen LogP contribution < -0.4 is 0 Å². The number of methoxy groups -OCH3 is 1. The Bertz CT molecular complexity index is 360. The number of carbonyl (C=O) groups excluding carboxylic acids is 4. The molecule has 0 saturated carbocycles. The van der Waals surface area contributed by atoms with Crippen molar-refractivity contribution in [1.29, 1.82) is 0 Å². The van der Waals surface area contributed by atoms with E-state index in [0.717, 1.165) is 26.2 Å². The van der Waals surface area contributed by atoms with Gasteiger partial charge in [-0.15, -0.1) is 0 Å². The molecule has 0 N–H and O–H groups in total. The zero-order chi connectivity index (χ0) is 13.4. The van der Waals surface area contributed by atoms with Gasteiger partial charge in [-0.2, -0.15) is 0 Å². The summed E-state index contributed by atoms with van der Waals surface area (Å²) in [5, 5.41) is -1.43. The highest BCUT2D eigenvalue weighted by molar-refractivity contribution is 9.09. The molecule has 0 aliphatic rings. The maximum Gasteiger partial charge on any atom is 0.366 e. The molecule has 0 heterocycles. The minimum absolute atomic E-state index is 0.751. The third kappa shape index (κ3) is 7.23. The Hall–Kier alpha value is -1.70. The van der Waals surface area contributed by atoms with Gasteiger partial charge in [-0.3, -0.25) is 4.79 Å². The monoisotopic (exact) mass is 308 g/mol. The van der Waals surface area contributed by atoms with Crippen LogP contribution in [0.1, 0.15) is 6.92 Å². The van der Waals surface area contributed by atoms with Gasteiger partial charge in [0, 0.05) is 19.1 Å². The van der Waals surface area contributed by atoms with E-state index in [1.54, 1.807) is 0 Å². The molecule has 0 rings (SSSR count). The molecule has 0 fully saturated rings. The molecule has 0 aromatic rings. The molecule has 1 unspecified atom stereocenters. The van der Waals surface area contributed by atoms with E-state index in [1.807, 2.05) is 0 Å². The number of ether oxygens (including phenoxy) is 3. The summed E-state index contributed by atoms with van der Waals surface area (Å²) < 4.78 is 12.8. The summed E-state index contributed by atoms with van der Waals surface area (Å²) in [4.78, 5) is 43.1. The predicted octanol–water partition coefficient (Wildman–Crippen LogP) is 0.0695. The maximum absolute atomic E-state index is 11.0. The Balaban J connectivity index is 4.20. The van der Waals surface area contributed by atoms with Crippen molar-refractivity contribution in [3.05, 3.63) is 12.2 Å². The summed E-state index contributed by atoms with van der Waals surface area (Å²) in [6, 6.07) is 0. The van der Waals surface area contributed by atoms with Gasteiger partial charge in [0.15, 0.2) is 0 Å². The molecule has 0 saturated heterocycles. The van der Waals surface area contributed by atoms with Crippen molar-refractivity contribution in [1.82, 2.24) is 0 Å². The lowest BCUT2D eigenvalue weighted by atomic mass is 10.5. The second-order valence-corrected chi connectivity index (χ2v) is 3.35. The van der Waals surface area contributed by atoms with Crippen molar-refractivity contribution >= 4 is 39.8 Å². The molecule has 0 amide bonds. The Labute approximate surface area is 105 Å². The Kier molecular flexibility index (Phi) is 6.80. The van der Waals surface area contributed by atoms with Gasteiger partial charge < -0.3 is 14.2 Å². The van der Waals surface area contributed by atoms with Crippen LogP contribution in [0.25, 0.3) is 0 Å². The first kappa shape index (κ1) is 15.3. The number of esters is 4. The summed E-state index contributed by atoms with van der Waals surface area (Å²) in [5.41, 5.74) is 0. The molecule has 94 valence electrons. The minimum atomic E-state index is -1.43. The molecule has 0 aromatic carbocycles. The SMILES string of the molecule is COC(=O)/C=C\C(=O)OC(Br)C(=O)OC(C)=O. The van der Waals surface area contributed by atoms with E-state index in [0.29, 0.717) is 0 Å². The Morgan fingerprint density at radius 2 is 1.65 bits per heavy atom. The van der Waals surface area contributed by atoms with Gasteiger partial charge in [0.05, 0.1) is 7.11 Å². The van der Waals surface area contributed by atoms with E-state index in [4.69, 9.17) is 0 Å². The summed E-state index contributed by atoms with van der Waals surface area (Å²) in [5.74, 6) is -3.63. The highest BCUT2D eigenvalue weighted by Crippen LogP contribution is 2.05. The fourth-order valence-electron chi connectivity index (χ4n) is 0.581. The van der Waals surface area contributed by atoms with Crippen LogP contribution in [0.3, 0.4) is 0 Å². The summed E-state index contributed by atoms with van der Waals surface area (Å²) in [6.45, 7) is 1.02. The van der Waals surface area contributed by atoms with Crippen LogP contribution in [-0.4, -0.2) is 36.0 Å². The van der Waals surface area contributed by atoms with Gasteiger partial charge in [-0.1, -0.05) is 0 Å². The largest absolute Gasteiger partial charge is 0.466 e. The van der Waals surface area contributed by atoms with Crippen LogP contribution in [0, 0.1) is 0 Å². The van der Waals surface area contributed by atoms with E-state index in [2.05, 4.69) is 30.1 Å². The van der Waals surface area contributed by atoms with E-state index in [-0.39, 0.29) is 0 Å². The molecule has 0 radical (unpaired) electrons. The summed E-state index contributed by atoms with van der Waals surface area (Å²) >= 11 is 2.68. The molecule has 17 heavy (non-hydrogen) atoms. The van der Waals surface area contributed by atoms with Gasteiger partial charge in [-0.05, 0) is 15.9 Å². The highest BCUT2D eigenvalue weighted by Gasteiger charge is 2.21. The molecule has 0 aliphatic heterocycles. The fourth-order valence-corrected chi connectivity index (χ4v) is 0.859. The maximum atomic E-state index is 11.0. The number of halogens is 1. The zero-order valence-electron chi connectivity index (χ0n) is 8.97. The third-order valence-electron chi connectivity index (χ3n) is 1.21. The van der Waals surface area contributed by atoms with Crippen molar-refractivity contribution < 1.29 is 33.4 Å². The van der Waals surface area contributed by atoms with Gasteiger partial charge in [-0.25, -0.2) is 14.4 Å². The normalized spacial score (nSPS) is 11.7. The van der Waals surface area contributed by atoms with Crippen LogP contribution in [-0.2, 0) is 33.4 Å². The smallest absolute Gasteiger partial charge is 0.366 e. The second kappa shape index (κ2) is 7.55. The molecule has 8 heteroatoms.